The van der Waals surface area contributed by atoms with Gasteiger partial charge in [-0.3, -0.25) is 4.79 Å². The summed E-state index contributed by atoms with van der Waals surface area (Å²) < 4.78 is 10.5. The van der Waals surface area contributed by atoms with Gasteiger partial charge in [-0.2, -0.15) is 0 Å². The Morgan fingerprint density at radius 1 is 1.07 bits per heavy atom. The fourth-order valence-corrected chi connectivity index (χ4v) is 3.54. The van der Waals surface area contributed by atoms with Crippen LogP contribution in [-0.4, -0.2) is 44.4 Å². The molecule has 0 saturated heterocycles. The molecule has 5 nitrogen and oxygen atoms in total. The fraction of sp³-hybridized carbons (Fsp3) is 0.333. The molecule has 1 aliphatic rings. The molecule has 0 aliphatic heterocycles. The number of rotatable bonds is 6. The van der Waals surface area contributed by atoms with E-state index in [2.05, 4.69) is 4.90 Å². The standard InChI is InChI=1S/C24H27NO4/c1-25(2)16-20-6-4-5-19(23(20)26)15-17-7-11-22(12-8-17)29-24(27)18-9-13-21(28-3)14-10-18/h7-15,20H,4-6,16H2,1-3H3/b19-15-. The lowest BCUT2D eigenvalue weighted by Gasteiger charge is -2.25. The zero-order valence-corrected chi connectivity index (χ0v) is 17.2. The highest BCUT2D eigenvalue weighted by Crippen LogP contribution is 2.28. The average molecular weight is 393 g/mol. The predicted octanol–water partition coefficient (Wildman–Crippen LogP) is 4.23. The van der Waals surface area contributed by atoms with Crippen LogP contribution in [0.25, 0.3) is 6.08 Å². The summed E-state index contributed by atoms with van der Waals surface area (Å²) in [5, 5.41) is 0. The van der Waals surface area contributed by atoms with Crippen molar-refractivity contribution < 1.29 is 19.1 Å². The van der Waals surface area contributed by atoms with Gasteiger partial charge in [-0.15, -0.1) is 0 Å². The number of hydrogen-bond donors (Lipinski definition) is 0. The van der Waals surface area contributed by atoms with Crippen molar-refractivity contribution in [3.8, 4) is 11.5 Å². The van der Waals surface area contributed by atoms with E-state index in [0.29, 0.717) is 17.1 Å². The third-order valence-corrected chi connectivity index (χ3v) is 5.03. The van der Waals surface area contributed by atoms with E-state index < -0.39 is 5.97 Å². The Balaban J connectivity index is 1.65. The summed E-state index contributed by atoms with van der Waals surface area (Å²) in [7, 11) is 5.57. The largest absolute Gasteiger partial charge is 0.497 e. The van der Waals surface area contributed by atoms with E-state index in [1.807, 2.05) is 32.3 Å². The SMILES string of the molecule is COc1ccc(C(=O)Oc2ccc(/C=C3/CCCC(CN(C)C)C3=O)cc2)cc1. The first-order valence-electron chi connectivity index (χ1n) is 9.82. The van der Waals surface area contributed by atoms with E-state index in [0.717, 1.165) is 36.9 Å². The van der Waals surface area contributed by atoms with Crippen LogP contribution in [0, 0.1) is 5.92 Å². The van der Waals surface area contributed by atoms with Crippen molar-refractivity contribution in [2.24, 2.45) is 5.92 Å². The van der Waals surface area contributed by atoms with E-state index in [1.54, 1.807) is 43.5 Å². The Morgan fingerprint density at radius 2 is 1.72 bits per heavy atom. The van der Waals surface area contributed by atoms with Crippen LogP contribution in [0.5, 0.6) is 11.5 Å². The second kappa shape index (κ2) is 9.52. The third kappa shape index (κ3) is 5.55. The van der Waals surface area contributed by atoms with Crippen molar-refractivity contribution in [1.82, 2.24) is 4.90 Å². The van der Waals surface area contributed by atoms with Crippen LogP contribution in [0.1, 0.15) is 35.2 Å². The molecule has 1 saturated carbocycles. The molecule has 0 bridgehead atoms. The summed E-state index contributed by atoms with van der Waals surface area (Å²) in [6, 6.07) is 14.0. The van der Waals surface area contributed by atoms with Crippen LogP contribution in [0.15, 0.2) is 54.1 Å². The number of ether oxygens (including phenoxy) is 2. The molecule has 0 N–H and O–H groups in total. The van der Waals surface area contributed by atoms with Gasteiger partial charge in [0.1, 0.15) is 11.5 Å². The van der Waals surface area contributed by atoms with Crippen molar-refractivity contribution in [3.63, 3.8) is 0 Å². The number of carbonyl (C=O) groups excluding carboxylic acids is 2. The van der Waals surface area contributed by atoms with Gasteiger partial charge in [-0.05, 0) is 87.0 Å². The lowest BCUT2D eigenvalue weighted by Crippen LogP contribution is -2.31. The highest BCUT2D eigenvalue weighted by Gasteiger charge is 2.26. The van der Waals surface area contributed by atoms with Gasteiger partial charge in [-0.1, -0.05) is 12.1 Å². The number of ketones is 1. The molecule has 1 fully saturated rings. The predicted molar refractivity (Wildman–Crippen MR) is 113 cm³/mol. The van der Waals surface area contributed by atoms with Gasteiger partial charge in [0.15, 0.2) is 5.78 Å². The van der Waals surface area contributed by atoms with Crippen molar-refractivity contribution in [2.75, 3.05) is 27.7 Å². The van der Waals surface area contributed by atoms with Crippen LogP contribution in [0.2, 0.25) is 0 Å². The number of allylic oxidation sites excluding steroid dienone is 1. The van der Waals surface area contributed by atoms with Crippen molar-refractivity contribution in [1.29, 1.82) is 0 Å². The number of nitrogens with zero attached hydrogens (tertiary/aromatic N) is 1. The number of methoxy groups -OCH3 is 1. The second-order valence-corrected chi connectivity index (χ2v) is 7.57. The van der Waals surface area contributed by atoms with Crippen LogP contribution in [0.3, 0.4) is 0 Å². The molecule has 0 aromatic heterocycles. The monoisotopic (exact) mass is 393 g/mol. The number of Topliss-reactive ketones (excluding diaryl/α,β-unsaturated/α-hetero) is 1. The number of esters is 1. The van der Waals surface area contributed by atoms with Gasteiger partial charge in [0.2, 0.25) is 0 Å². The smallest absolute Gasteiger partial charge is 0.343 e. The summed E-state index contributed by atoms with van der Waals surface area (Å²) in [4.78, 5) is 27.0. The lowest BCUT2D eigenvalue weighted by molar-refractivity contribution is -0.120. The highest BCUT2D eigenvalue weighted by molar-refractivity contribution is 6.01. The first-order chi connectivity index (χ1) is 14.0. The maximum absolute atomic E-state index is 12.7. The van der Waals surface area contributed by atoms with E-state index in [1.165, 1.54) is 0 Å². The number of benzene rings is 2. The molecule has 152 valence electrons. The van der Waals surface area contributed by atoms with E-state index in [-0.39, 0.29) is 11.7 Å². The zero-order chi connectivity index (χ0) is 20.8. The number of carbonyl (C=O) groups is 2. The Bertz CT molecular complexity index is 882. The van der Waals surface area contributed by atoms with Crippen LogP contribution >= 0.6 is 0 Å². The van der Waals surface area contributed by atoms with E-state index in [4.69, 9.17) is 9.47 Å². The third-order valence-electron chi connectivity index (χ3n) is 5.03. The Hall–Kier alpha value is -2.92. The quantitative estimate of drug-likeness (QED) is 0.418. The van der Waals surface area contributed by atoms with E-state index >= 15 is 0 Å². The normalized spacial score (nSPS) is 18.1. The summed E-state index contributed by atoms with van der Waals surface area (Å²) in [5.74, 6) is 1.06. The minimum Gasteiger partial charge on any atom is -0.497 e. The molecule has 3 rings (SSSR count). The average Bonchev–Trinajstić information content (AvgIpc) is 2.72. The maximum Gasteiger partial charge on any atom is 0.343 e. The molecular formula is C24H27NO4. The van der Waals surface area contributed by atoms with Crippen LogP contribution in [0.4, 0.5) is 0 Å². The molecule has 29 heavy (non-hydrogen) atoms. The van der Waals surface area contributed by atoms with Gasteiger partial charge in [-0.25, -0.2) is 4.79 Å². The summed E-state index contributed by atoms with van der Waals surface area (Å²) >= 11 is 0. The molecule has 2 aromatic carbocycles. The van der Waals surface area contributed by atoms with Gasteiger partial charge in [0.05, 0.1) is 12.7 Å². The van der Waals surface area contributed by atoms with Crippen LogP contribution in [-0.2, 0) is 4.79 Å². The van der Waals surface area contributed by atoms with Crippen LogP contribution < -0.4 is 9.47 Å². The Morgan fingerprint density at radius 3 is 2.34 bits per heavy atom. The highest BCUT2D eigenvalue weighted by atomic mass is 16.5. The minimum atomic E-state index is -0.423. The fourth-order valence-electron chi connectivity index (χ4n) is 3.54. The molecule has 5 heteroatoms. The first kappa shape index (κ1) is 20.8. The molecule has 0 heterocycles. The molecule has 0 amide bonds. The molecular weight excluding hydrogens is 366 g/mol. The minimum absolute atomic E-state index is 0.0784. The zero-order valence-electron chi connectivity index (χ0n) is 17.2. The topological polar surface area (TPSA) is 55.8 Å². The van der Waals surface area contributed by atoms with Gasteiger partial charge >= 0.3 is 5.97 Å². The van der Waals surface area contributed by atoms with Crippen molar-refractivity contribution in [3.05, 3.63) is 65.2 Å². The molecule has 1 unspecified atom stereocenters. The molecule has 0 spiro atoms. The summed E-state index contributed by atoms with van der Waals surface area (Å²) in [6.07, 6.45) is 4.76. The van der Waals surface area contributed by atoms with Crippen molar-refractivity contribution >= 4 is 17.8 Å². The lowest BCUT2D eigenvalue weighted by atomic mass is 9.83. The van der Waals surface area contributed by atoms with E-state index in [9.17, 15) is 9.59 Å². The Labute approximate surface area is 171 Å². The van der Waals surface area contributed by atoms with Crippen molar-refractivity contribution in [2.45, 2.75) is 19.3 Å². The van der Waals surface area contributed by atoms with Gasteiger partial charge < -0.3 is 14.4 Å². The maximum atomic E-state index is 12.7. The van der Waals surface area contributed by atoms with Gasteiger partial charge in [0.25, 0.3) is 0 Å². The Kier molecular flexibility index (Phi) is 6.83. The molecule has 0 radical (unpaired) electrons. The summed E-state index contributed by atoms with van der Waals surface area (Å²) in [5.41, 5.74) is 2.27. The molecule has 1 aliphatic carbocycles. The second-order valence-electron chi connectivity index (χ2n) is 7.57. The number of hydrogen-bond acceptors (Lipinski definition) is 5. The molecule has 2 aromatic rings. The van der Waals surface area contributed by atoms with Gasteiger partial charge in [0, 0.05) is 12.5 Å². The first-order valence-corrected chi connectivity index (χ1v) is 9.82. The molecule has 1 atom stereocenters. The summed E-state index contributed by atoms with van der Waals surface area (Å²) in [6.45, 7) is 0.788.